The van der Waals surface area contributed by atoms with Crippen molar-refractivity contribution in [3.05, 3.63) is 0 Å². The Hall–Kier alpha value is -0.570. The summed E-state index contributed by atoms with van der Waals surface area (Å²) in [5.41, 5.74) is 0.0473. The lowest BCUT2D eigenvalue weighted by Gasteiger charge is -2.46. The molecule has 1 N–H and O–H groups in total. The molecule has 0 atom stereocenters. The van der Waals surface area contributed by atoms with Gasteiger partial charge < -0.3 is 10.2 Å². The molecule has 0 bridgehead atoms. The fourth-order valence-corrected chi connectivity index (χ4v) is 2.11. The lowest BCUT2D eigenvalue weighted by atomic mass is 9.72. The molecule has 2 aliphatic rings. The Labute approximate surface area is 86.9 Å². The van der Waals surface area contributed by atoms with Crippen LogP contribution in [0.15, 0.2) is 0 Å². The van der Waals surface area contributed by atoms with E-state index < -0.39 is 0 Å². The Balaban J connectivity index is 0.000000461. The molecule has 0 aromatic heterocycles. The van der Waals surface area contributed by atoms with Crippen molar-refractivity contribution >= 4 is 5.91 Å². The molecule has 3 nitrogen and oxygen atoms in total. The quantitative estimate of drug-likeness (QED) is 0.643. The summed E-state index contributed by atoms with van der Waals surface area (Å²) in [6.45, 7) is 10.4. The molecular weight excluding hydrogens is 176 g/mol. The molecule has 2 saturated heterocycles. The molecule has 2 rings (SSSR count). The largest absolute Gasteiger partial charge is 0.354 e. The van der Waals surface area contributed by atoms with Gasteiger partial charge in [0.1, 0.15) is 0 Å². The number of nitrogens with zero attached hydrogens (tertiary/aromatic N) is 1. The Morgan fingerprint density at radius 2 is 1.93 bits per heavy atom. The molecule has 0 radical (unpaired) electrons. The van der Waals surface area contributed by atoms with E-state index in [1.807, 2.05) is 13.8 Å². The van der Waals surface area contributed by atoms with Crippen molar-refractivity contribution in [1.82, 2.24) is 10.2 Å². The lowest BCUT2D eigenvalue weighted by Crippen LogP contribution is -2.62. The summed E-state index contributed by atoms with van der Waals surface area (Å²) in [6.07, 6.45) is 2.12. The predicted octanol–water partition coefficient (Wildman–Crippen LogP) is 1.24. The third-order valence-corrected chi connectivity index (χ3v) is 3.33. The van der Waals surface area contributed by atoms with Gasteiger partial charge in [-0.15, -0.1) is 0 Å². The van der Waals surface area contributed by atoms with Crippen LogP contribution in [-0.2, 0) is 4.79 Å². The van der Waals surface area contributed by atoms with E-state index in [0.717, 1.165) is 39.0 Å². The topological polar surface area (TPSA) is 32.3 Å². The number of carbonyl (C=O) groups excluding carboxylic acids is 1. The molecule has 1 spiro atoms. The van der Waals surface area contributed by atoms with E-state index in [-0.39, 0.29) is 5.41 Å². The minimum Gasteiger partial charge on any atom is -0.354 e. The Bertz CT molecular complexity index is 195. The van der Waals surface area contributed by atoms with Gasteiger partial charge in [-0.2, -0.15) is 0 Å². The van der Waals surface area contributed by atoms with Crippen LogP contribution in [0.5, 0.6) is 0 Å². The minimum absolute atomic E-state index is 0.0473. The van der Waals surface area contributed by atoms with Gasteiger partial charge in [0, 0.05) is 6.54 Å². The molecule has 82 valence electrons. The second kappa shape index (κ2) is 4.78. The zero-order valence-corrected chi connectivity index (χ0v) is 9.60. The van der Waals surface area contributed by atoms with Crippen LogP contribution in [0.2, 0.25) is 0 Å². The monoisotopic (exact) mass is 198 g/mol. The van der Waals surface area contributed by atoms with E-state index in [9.17, 15) is 4.79 Å². The van der Waals surface area contributed by atoms with Crippen molar-refractivity contribution < 1.29 is 4.79 Å². The number of rotatable bonds is 1. The van der Waals surface area contributed by atoms with Crippen LogP contribution in [0.1, 0.15) is 33.6 Å². The van der Waals surface area contributed by atoms with Gasteiger partial charge in [0.2, 0.25) is 5.91 Å². The van der Waals surface area contributed by atoms with Gasteiger partial charge in [0.05, 0.1) is 5.41 Å². The first-order valence-electron chi connectivity index (χ1n) is 5.77. The standard InChI is InChI=1S/C9H16N2O.C2H6/c1-2-11-5-3-9(4-6-11)7-10-8(9)12;1-2/h2-7H2,1H3,(H,10,12);1-2H3. The van der Waals surface area contributed by atoms with Crippen LogP contribution in [0.25, 0.3) is 0 Å². The molecule has 1 amide bonds. The highest BCUT2D eigenvalue weighted by Gasteiger charge is 2.47. The molecule has 0 aliphatic carbocycles. The van der Waals surface area contributed by atoms with Crippen molar-refractivity contribution in [2.24, 2.45) is 5.41 Å². The van der Waals surface area contributed by atoms with Crippen molar-refractivity contribution in [2.45, 2.75) is 33.6 Å². The average Bonchev–Trinajstić information content (AvgIpc) is 2.30. The first-order valence-corrected chi connectivity index (χ1v) is 5.77. The molecule has 0 saturated carbocycles. The van der Waals surface area contributed by atoms with E-state index in [1.165, 1.54) is 0 Å². The van der Waals surface area contributed by atoms with Gasteiger partial charge in [0.25, 0.3) is 0 Å². The molecule has 0 aromatic carbocycles. The van der Waals surface area contributed by atoms with Crippen LogP contribution >= 0.6 is 0 Å². The zero-order chi connectivity index (χ0) is 10.6. The van der Waals surface area contributed by atoms with Crippen LogP contribution in [-0.4, -0.2) is 37.0 Å². The van der Waals surface area contributed by atoms with Gasteiger partial charge in [-0.05, 0) is 32.5 Å². The highest BCUT2D eigenvalue weighted by atomic mass is 16.2. The van der Waals surface area contributed by atoms with Gasteiger partial charge in [-0.25, -0.2) is 0 Å². The second-order valence-electron chi connectivity index (χ2n) is 3.90. The molecule has 14 heavy (non-hydrogen) atoms. The number of hydrogen-bond donors (Lipinski definition) is 1. The molecule has 3 heteroatoms. The van der Waals surface area contributed by atoms with Gasteiger partial charge in [0.15, 0.2) is 0 Å². The Morgan fingerprint density at radius 3 is 2.21 bits per heavy atom. The van der Waals surface area contributed by atoms with Crippen molar-refractivity contribution in [3.8, 4) is 0 Å². The third-order valence-electron chi connectivity index (χ3n) is 3.33. The fraction of sp³-hybridized carbons (Fsp3) is 0.909. The summed E-state index contributed by atoms with van der Waals surface area (Å²) in [5, 5.41) is 2.84. The molecule has 0 unspecified atom stereocenters. The van der Waals surface area contributed by atoms with Crippen LogP contribution in [0.3, 0.4) is 0 Å². The first-order chi connectivity index (χ1) is 6.77. The van der Waals surface area contributed by atoms with E-state index in [0.29, 0.717) is 5.91 Å². The molecule has 2 heterocycles. The summed E-state index contributed by atoms with van der Waals surface area (Å²) in [4.78, 5) is 13.7. The highest BCUT2D eigenvalue weighted by Crippen LogP contribution is 2.35. The number of nitrogens with one attached hydrogen (secondary N) is 1. The SMILES string of the molecule is CC.CCN1CCC2(CC1)CNC2=O. The normalized spacial score (nSPS) is 24.6. The fourth-order valence-electron chi connectivity index (χ4n) is 2.11. The van der Waals surface area contributed by atoms with Crippen LogP contribution < -0.4 is 5.32 Å². The Morgan fingerprint density at radius 1 is 1.36 bits per heavy atom. The molecule has 2 fully saturated rings. The van der Waals surface area contributed by atoms with E-state index in [1.54, 1.807) is 0 Å². The molecular formula is C11H22N2O. The van der Waals surface area contributed by atoms with Crippen LogP contribution in [0.4, 0.5) is 0 Å². The van der Waals surface area contributed by atoms with Gasteiger partial charge >= 0.3 is 0 Å². The number of amides is 1. The summed E-state index contributed by atoms with van der Waals surface area (Å²) in [6, 6.07) is 0. The smallest absolute Gasteiger partial charge is 0.228 e. The van der Waals surface area contributed by atoms with E-state index >= 15 is 0 Å². The number of likely N-dealkylation sites (tertiary alicyclic amines) is 1. The van der Waals surface area contributed by atoms with E-state index in [2.05, 4.69) is 17.1 Å². The predicted molar refractivity (Wildman–Crippen MR) is 58.1 cm³/mol. The Kier molecular flexibility index (Phi) is 3.93. The molecule has 0 aromatic rings. The third kappa shape index (κ3) is 1.92. The lowest BCUT2D eigenvalue weighted by molar-refractivity contribution is -0.143. The maximum atomic E-state index is 11.3. The maximum Gasteiger partial charge on any atom is 0.228 e. The average molecular weight is 198 g/mol. The zero-order valence-electron chi connectivity index (χ0n) is 9.60. The summed E-state index contributed by atoms with van der Waals surface area (Å²) in [7, 11) is 0. The van der Waals surface area contributed by atoms with E-state index in [4.69, 9.17) is 0 Å². The summed E-state index contributed by atoms with van der Waals surface area (Å²) < 4.78 is 0. The highest BCUT2D eigenvalue weighted by molar-refractivity contribution is 5.88. The van der Waals surface area contributed by atoms with Crippen molar-refractivity contribution in [3.63, 3.8) is 0 Å². The number of piperidine rings is 1. The number of carbonyl (C=O) groups is 1. The van der Waals surface area contributed by atoms with Gasteiger partial charge in [-0.1, -0.05) is 20.8 Å². The molecule has 2 aliphatic heterocycles. The summed E-state index contributed by atoms with van der Waals surface area (Å²) >= 11 is 0. The number of β-lactam (4-membered cyclic amide) rings is 1. The first kappa shape index (κ1) is 11.5. The minimum atomic E-state index is 0.0473. The maximum absolute atomic E-state index is 11.3. The summed E-state index contributed by atoms with van der Waals surface area (Å²) in [5.74, 6) is 0.290. The van der Waals surface area contributed by atoms with Crippen LogP contribution in [0, 0.1) is 5.41 Å². The van der Waals surface area contributed by atoms with Crippen molar-refractivity contribution in [1.29, 1.82) is 0 Å². The van der Waals surface area contributed by atoms with Gasteiger partial charge in [-0.3, -0.25) is 4.79 Å². The van der Waals surface area contributed by atoms with Crippen molar-refractivity contribution in [2.75, 3.05) is 26.2 Å². The second-order valence-corrected chi connectivity index (χ2v) is 3.90. The number of hydrogen-bond acceptors (Lipinski definition) is 2.